The minimum atomic E-state index is -0.591. The standard InChI is InChI=1S/C24H28N4O5/c1-27-11-13-28(14-12-27)16-20-19-4-2-3-5-21(19)33-22(20)24(30)25-10-15-32-18-8-6-17(7-9-18)23(29)26-31/h2-9,31H,10-16H2,1H3,(H,25,30)(H,26,29). The summed E-state index contributed by atoms with van der Waals surface area (Å²) < 4.78 is 11.6. The van der Waals surface area contributed by atoms with Gasteiger partial charge in [-0.2, -0.15) is 0 Å². The van der Waals surface area contributed by atoms with Crippen molar-refractivity contribution in [3.63, 3.8) is 0 Å². The lowest BCUT2D eigenvalue weighted by molar-refractivity contribution is 0.0706. The van der Waals surface area contributed by atoms with E-state index in [1.807, 2.05) is 24.3 Å². The van der Waals surface area contributed by atoms with Crippen LogP contribution in [0.25, 0.3) is 11.0 Å². The van der Waals surface area contributed by atoms with E-state index in [9.17, 15) is 9.59 Å². The molecule has 4 rings (SSSR count). The number of rotatable bonds is 8. The number of amides is 2. The maximum atomic E-state index is 12.9. The van der Waals surface area contributed by atoms with Gasteiger partial charge >= 0.3 is 0 Å². The molecule has 0 unspecified atom stereocenters. The molecule has 9 heteroatoms. The molecule has 3 N–H and O–H groups in total. The third kappa shape index (κ3) is 5.51. The van der Waals surface area contributed by atoms with E-state index in [-0.39, 0.29) is 12.5 Å². The van der Waals surface area contributed by atoms with Crippen LogP contribution in [0.3, 0.4) is 0 Å². The van der Waals surface area contributed by atoms with Crippen LogP contribution < -0.4 is 15.5 Å². The van der Waals surface area contributed by atoms with Crippen LogP contribution in [0.2, 0.25) is 0 Å². The zero-order chi connectivity index (χ0) is 23.2. The summed E-state index contributed by atoms with van der Waals surface area (Å²) in [5.41, 5.74) is 3.51. The van der Waals surface area contributed by atoms with Gasteiger partial charge in [0.15, 0.2) is 5.76 Å². The molecule has 33 heavy (non-hydrogen) atoms. The molecule has 0 radical (unpaired) electrons. The normalized spacial score (nSPS) is 14.8. The van der Waals surface area contributed by atoms with Crippen molar-refractivity contribution in [1.29, 1.82) is 0 Å². The Kier molecular flexibility index (Phi) is 7.23. The van der Waals surface area contributed by atoms with Crippen molar-refractivity contribution in [1.82, 2.24) is 20.6 Å². The largest absolute Gasteiger partial charge is 0.492 e. The lowest BCUT2D eigenvalue weighted by atomic mass is 10.1. The Morgan fingerprint density at radius 1 is 1.03 bits per heavy atom. The van der Waals surface area contributed by atoms with Gasteiger partial charge in [-0.05, 0) is 37.4 Å². The second-order valence-corrected chi connectivity index (χ2v) is 8.05. The lowest BCUT2D eigenvalue weighted by Crippen LogP contribution is -2.44. The number of ether oxygens (including phenoxy) is 1. The zero-order valence-corrected chi connectivity index (χ0v) is 18.5. The van der Waals surface area contributed by atoms with E-state index in [1.54, 1.807) is 29.7 Å². The molecule has 9 nitrogen and oxygen atoms in total. The van der Waals surface area contributed by atoms with Crippen LogP contribution in [0.15, 0.2) is 52.9 Å². The Morgan fingerprint density at radius 3 is 2.48 bits per heavy atom. The third-order valence-corrected chi connectivity index (χ3v) is 5.76. The molecule has 0 bridgehead atoms. The van der Waals surface area contributed by atoms with Crippen molar-refractivity contribution in [3.05, 3.63) is 65.4 Å². The van der Waals surface area contributed by atoms with E-state index < -0.39 is 5.91 Å². The van der Waals surface area contributed by atoms with Gasteiger partial charge in [0, 0.05) is 49.2 Å². The van der Waals surface area contributed by atoms with Crippen molar-refractivity contribution in [2.24, 2.45) is 0 Å². The molecular formula is C24H28N4O5. The molecule has 0 spiro atoms. The molecule has 1 fully saturated rings. The van der Waals surface area contributed by atoms with E-state index in [0.29, 0.717) is 35.7 Å². The van der Waals surface area contributed by atoms with Gasteiger partial charge in [0.2, 0.25) is 0 Å². The number of nitrogens with zero attached hydrogens (tertiary/aromatic N) is 2. The number of piperazine rings is 1. The first-order chi connectivity index (χ1) is 16.0. The molecule has 2 amide bonds. The fraction of sp³-hybridized carbons (Fsp3) is 0.333. The van der Waals surface area contributed by atoms with Gasteiger partial charge in [-0.1, -0.05) is 18.2 Å². The monoisotopic (exact) mass is 452 g/mol. The number of carbonyl (C=O) groups excluding carboxylic acids is 2. The van der Waals surface area contributed by atoms with Crippen LogP contribution >= 0.6 is 0 Å². The highest BCUT2D eigenvalue weighted by atomic mass is 16.5. The number of carbonyl (C=O) groups is 2. The number of hydrogen-bond acceptors (Lipinski definition) is 7. The number of furan rings is 1. The van der Waals surface area contributed by atoms with Gasteiger partial charge < -0.3 is 19.4 Å². The summed E-state index contributed by atoms with van der Waals surface area (Å²) in [6.07, 6.45) is 0. The maximum absolute atomic E-state index is 12.9. The van der Waals surface area contributed by atoms with Crippen LogP contribution in [0, 0.1) is 0 Å². The summed E-state index contributed by atoms with van der Waals surface area (Å²) in [5.74, 6) is 0.0358. The Morgan fingerprint density at radius 2 is 1.76 bits per heavy atom. The molecule has 0 aliphatic carbocycles. The average molecular weight is 453 g/mol. The fourth-order valence-corrected chi connectivity index (χ4v) is 3.85. The fourth-order valence-electron chi connectivity index (χ4n) is 3.85. The molecule has 0 saturated carbocycles. The summed E-state index contributed by atoms with van der Waals surface area (Å²) in [6, 6.07) is 14.1. The highest BCUT2D eigenvalue weighted by molar-refractivity contribution is 5.99. The molecule has 2 aromatic carbocycles. The third-order valence-electron chi connectivity index (χ3n) is 5.76. The number of benzene rings is 2. The molecule has 1 aliphatic heterocycles. The summed E-state index contributed by atoms with van der Waals surface area (Å²) >= 11 is 0. The van der Waals surface area contributed by atoms with E-state index in [2.05, 4.69) is 22.2 Å². The Labute approximate surface area is 191 Å². The molecule has 174 valence electrons. The number of hydroxylamine groups is 1. The Bertz CT molecular complexity index is 1100. The molecule has 1 aliphatic rings. The minimum absolute atomic E-state index is 0.255. The smallest absolute Gasteiger partial charge is 0.287 e. The van der Waals surface area contributed by atoms with Crippen LogP contribution in [0.4, 0.5) is 0 Å². The van der Waals surface area contributed by atoms with Crippen LogP contribution in [-0.2, 0) is 6.54 Å². The average Bonchev–Trinajstić information content (AvgIpc) is 3.21. The molecule has 2 heterocycles. The van der Waals surface area contributed by atoms with Gasteiger partial charge in [0.25, 0.3) is 11.8 Å². The Balaban J connectivity index is 1.37. The van der Waals surface area contributed by atoms with Crippen molar-refractivity contribution in [3.8, 4) is 5.75 Å². The zero-order valence-electron chi connectivity index (χ0n) is 18.5. The first-order valence-corrected chi connectivity index (χ1v) is 10.9. The van der Waals surface area contributed by atoms with E-state index in [4.69, 9.17) is 14.4 Å². The van der Waals surface area contributed by atoms with Crippen molar-refractivity contribution in [2.75, 3.05) is 46.4 Å². The quantitative estimate of drug-likeness (QED) is 0.273. The highest BCUT2D eigenvalue weighted by Crippen LogP contribution is 2.27. The predicted octanol–water partition coefficient (Wildman–Crippen LogP) is 2.11. The molecular weight excluding hydrogens is 424 g/mol. The minimum Gasteiger partial charge on any atom is -0.492 e. The molecule has 1 saturated heterocycles. The number of likely N-dealkylation sites (N-methyl/N-ethyl adjacent to an activating group) is 1. The van der Waals surface area contributed by atoms with Gasteiger partial charge in [-0.15, -0.1) is 0 Å². The van der Waals surface area contributed by atoms with Gasteiger partial charge in [-0.3, -0.25) is 19.7 Å². The molecule has 3 aromatic rings. The van der Waals surface area contributed by atoms with E-state index in [1.165, 1.54) is 0 Å². The first kappa shape index (κ1) is 22.8. The van der Waals surface area contributed by atoms with Crippen LogP contribution in [0.1, 0.15) is 26.5 Å². The summed E-state index contributed by atoms with van der Waals surface area (Å²) in [6.45, 7) is 5.11. The first-order valence-electron chi connectivity index (χ1n) is 10.9. The van der Waals surface area contributed by atoms with Crippen LogP contribution in [-0.4, -0.2) is 73.2 Å². The van der Waals surface area contributed by atoms with E-state index >= 15 is 0 Å². The van der Waals surface area contributed by atoms with Crippen molar-refractivity contribution >= 4 is 22.8 Å². The summed E-state index contributed by atoms with van der Waals surface area (Å²) in [7, 11) is 2.12. The second-order valence-electron chi connectivity index (χ2n) is 8.05. The lowest BCUT2D eigenvalue weighted by Gasteiger charge is -2.32. The molecule has 0 atom stereocenters. The van der Waals surface area contributed by atoms with Gasteiger partial charge in [0.1, 0.15) is 17.9 Å². The van der Waals surface area contributed by atoms with Crippen molar-refractivity contribution < 1.29 is 24.0 Å². The summed E-state index contributed by atoms with van der Waals surface area (Å²) in [5, 5.41) is 12.5. The number of fused-ring (bicyclic) bond motifs is 1. The predicted molar refractivity (Wildman–Crippen MR) is 123 cm³/mol. The maximum Gasteiger partial charge on any atom is 0.287 e. The van der Waals surface area contributed by atoms with Gasteiger partial charge in [0.05, 0.1) is 6.54 Å². The van der Waals surface area contributed by atoms with Crippen LogP contribution in [0.5, 0.6) is 5.75 Å². The van der Waals surface area contributed by atoms with Gasteiger partial charge in [-0.25, -0.2) is 5.48 Å². The topological polar surface area (TPSA) is 107 Å². The Hall–Kier alpha value is -3.40. The van der Waals surface area contributed by atoms with Crippen molar-refractivity contribution in [2.45, 2.75) is 6.54 Å². The van der Waals surface area contributed by atoms with E-state index in [0.717, 1.165) is 37.1 Å². The summed E-state index contributed by atoms with van der Waals surface area (Å²) in [4.78, 5) is 28.9. The SMILES string of the molecule is CN1CCN(Cc2c(C(=O)NCCOc3ccc(C(=O)NO)cc3)oc3ccccc23)CC1. The second kappa shape index (κ2) is 10.5. The number of para-hydroxylation sites is 1. The number of nitrogens with one attached hydrogen (secondary N) is 2. The highest BCUT2D eigenvalue weighted by Gasteiger charge is 2.23. The number of hydrogen-bond donors (Lipinski definition) is 3. The molecule has 1 aromatic heterocycles.